The van der Waals surface area contributed by atoms with Gasteiger partial charge in [0.15, 0.2) is 0 Å². The van der Waals surface area contributed by atoms with Gasteiger partial charge >= 0.3 is 6.01 Å². The Balaban J connectivity index is 1.34. The molecule has 0 radical (unpaired) electrons. The van der Waals surface area contributed by atoms with Gasteiger partial charge in [-0.2, -0.15) is 0 Å². The van der Waals surface area contributed by atoms with Crippen molar-refractivity contribution in [2.24, 2.45) is 0 Å². The molecule has 0 fully saturated rings. The molecule has 1 heterocycles. The number of carbonyl (C=O) groups is 1. The summed E-state index contributed by atoms with van der Waals surface area (Å²) in [5.74, 6) is 2.53. The third kappa shape index (κ3) is 5.73. The fourth-order valence-corrected chi connectivity index (χ4v) is 3.55. The number of para-hydroxylation sites is 1. The van der Waals surface area contributed by atoms with Crippen LogP contribution in [0.3, 0.4) is 0 Å². The number of hydrogen-bond donors (Lipinski definition) is 1. The van der Waals surface area contributed by atoms with Crippen molar-refractivity contribution in [3.05, 3.63) is 95.9 Å². The minimum absolute atomic E-state index is 0.0720. The number of thioether (sulfide) groups is 1. The van der Waals surface area contributed by atoms with Crippen LogP contribution in [0, 0.1) is 0 Å². The lowest BCUT2D eigenvalue weighted by Crippen LogP contribution is -2.11. The lowest BCUT2D eigenvalue weighted by molar-refractivity contribution is 0.102. The summed E-state index contributed by atoms with van der Waals surface area (Å²) in [5.41, 5.74) is 1.53. The van der Waals surface area contributed by atoms with E-state index >= 15 is 0 Å². The molecule has 4 rings (SSSR count). The van der Waals surface area contributed by atoms with Gasteiger partial charge in [0.2, 0.25) is 5.89 Å². The highest BCUT2D eigenvalue weighted by Gasteiger charge is 2.12. The average Bonchev–Trinajstić information content (AvgIpc) is 3.23. The van der Waals surface area contributed by atoms with Crippen LogP contribution in [0.4, 0.5) is 6.01 Å². The topological polar surface area (TPSA) is 77.2 Å². The Hall–Kier alpha value is -3.58. The third-order valence-corrected chi connectivity index (χ3v) is 5.27. The molecule has 1 aromatic heterocycles. The van der Waals surface area contributed by atoms with E-state index in [-0.39, 0.29) is 11.9 Å². The largest absolute Gasteiger partial charge is 0.457 e. The summed E-state index contributed by atoms with van der Waals surface area (Å²) < 4.78 is 11.3. The molecule has 0 aliphatic carbocycles. The van der Waals surface area contributed by atoms with Gasteiger partial charge in [0, 0.05) is 10.5 Å². The van der Waals surface area contributed by atoms with Crippen LogP contribution in [0.2, 0.25) is 0 Å². The molecule has 156 valence electrons. The maximum Gasteiger partial charge on any atom is 0.322 e. The van der Waals surface area contributed by atoms with Gasteiger partial charge in [-0.25, -0.2) is 0 Å². The Morgan fingerprint density at radius 1 is 0.935 bits per heavy atom. The molecule has 0 atom stereocenters. The number of aromatic nitrogens is 2. The van der Waals surface area contributed by atoms with E-state index in [0.29, 0.717) is 23.6 Å². The van der Waals surface area contributed by atoms with Crippen LogP contribution in [0.15, 0.2) is 88.2 Å². The number of nitrogens with zero attached hydrogens (tertiary/aromatic N) is 2. The Morgan fingerprint density at radius 3 is 2.35 bits per heavy atom. The third-order valence-electron chi connectivity index (χ3n) is 4.37. The normalized spacial score (nSPS) is 10.6. The highest BCUT2D eigenvalue weighted by Crippen LogP contribution is 2.22. The molecule has 1 amide bonds. The van der Waals surface area contributed by atoms with Gasteiger partial charge in [-0.1, -0.05) is 42.4 Å². The van der Waals surface area contributed by atoms with Gasteiger partial charge in [0.1, 0.15) is 11.5 Å². The fraction of sp³-hybridized carbons (Fsp3) is 0.125. The second-order valence-electron chi connectivity index (χ2n) is 6.65. The predicted molar refractivity (Wildman–Crippen MR) is 121 cm³/mol. The zero-order valence-electron chi connectivity index (χ0n) is 16.9. The number of anilines is 1. The summed E-state index contributed by atoms with van der Waals surface area (Å²) in [6, 6.07) is 24.6. The second kappa shape index (κ2) is 9.95. The Bertz CT molecular complexity index is 1130. The molecule has 7 heteroatoms. The van der Waals surface area contributed by atoms with E-state index in [2.05, 4.69) is 34.6 Å². The highest BCUT2D eigenvalue weighted by molar-refractivity contribution is 7.99. The first-order valence-corrected chi connectivity index (χ1v) is 10.9. The molecule has 0 unspecified atom stereocenters. The molecule has 1 N–H and O–H groups in total. The first-order chi connectivity index (χ1) is 15.2. The zero-order chi connectivity index (χ0) is 21.5. The number of carbonyl (C=O) groups excluding carboxylic acids is 1. The van der Waals surface area contributed by atoms with E-state index in [1.807, 2.05) is 42.5 Å². The van der Waals surface area contributed by atoms with Crippen LogP contribution in [0.1, 0.15) is 28.7 Å². The van der Waals surface area contributed by atoms with Crippen molar-refractivity contribution in [1.82, 2.24) is 10.2 Å². The van der Waals surface area contributed by atoms with Crippen LogP contribution in [-0.2, 0) is 6.42 Å². The molecule has 0 spiro atoms. The summed E-state index contributed by atoms with van der Waals surface area (Å²) in [6.45, 7) is 2.12. The van der Waals surface area contributed by atoms with Crippen LogP contribution >= 0.6 is 11.8 Å². The van der Waals surface area contributed by atoms with E-state index < -0.39 is 0 Å². The fourth-order valence-electron chi connectivity index (χ4n) is 2.89. The number of nitrogens with one attached hydrogen (secondary N) is 1. The van der Waals surface area contributed by atoms with Gasteiger partial charge in [0.25, 0.3) is 5.91 Å². The van der Waals surface area contributed by atoms with E-state index in [0.717, 1.165) is 17.1 Å². The molecular formula is C24H21N3O3S. The summed E-state index contributed by atoms with van der Waals surface area (Å²) in [4.78, 5) is 13.7. The average molecular weight is 432 g/mol. The van der Waals surface area contributed by atoms with Crippen LogP contribution in [-0.4, -0.2) is 21.9 Å². The monoisotopic (exact) mass is 431 g/mol. The molecule has 0 bridgehead atoms. The summed E-state index contributed by atoms with van der Waals surface area (Å²) in [7, 11) is 0. The number of rotatable bonds is 8. The maximum atomic E-state index is 12.5. The highest BCUT2D eigenvalue weighted by atomic mass is 32.2. The zero-order valence-corrected chi connectivity index (χ0v) is 17.8. The SMILES string of the molecule is CCSc1ccc(Cc2nnc(NC(=O)c3ccc(Oc4ccccc4)cc3)o2)cc1. The van der Waals surface area contributed by atoms with Gasteiger partial charge in [-0.05, 0) is 59.8 Å². The van der Waals surface area contributed by atoms with Crippen molar-refractivity contribution in [3.8, 4) is 11.5 Å². The molecular weight excluding hydrogens is 410 g/mol. The molecule has 0 saturated carbocycles. The lowest BCUT2D eigenvalue weighted by Gasteiger charge is -2.06. The molecule has 31 heavy (non-hydrogen) atoms. The standard InChI is InChI=1S/C24H21N3O3S/c1-2-31-21-14-8-17(9-15-21)16-22-26-27-24(30-22)25-23(28)18-10-12-20(13-11-18)29-19-6-4-3-5-7-19/h3-15H,2,16H2,1H3,(H,25,27,28). The minimum Gasteiger partial charge on any atom is -0.457 e. The van der Waals surface area contributed by atoms with Gasteiger partial charge in [-0.3, -0.25) is 10.1 Å². The first kappa shape index (κ1) is 20.7. The first-order valence-electron chi connectivity index (χ1n) is 9.88. The molecule has 0 saturated heterocycles. The Labute approximate surface area is 184 Å². The van der Waals surface area contributed by atoms with E-state index in [1.165, 1.54) is 4.90 Å². The number of amides is 1. The van der Waals surface area contributed by atoms with Crippen LogP contribution in [0.5, 0.6) is 11.5 Å². The van der Waals surface area contributed by atoms with E-state index in [9.17, 15) is 4.79 Å². The smallest absolute Gasteiger partial charge is 0.322 e. The van der Waals surface area contributed by atoms with Crippen molar-refractivity contribution in [3.63, 3.8) is 0 Å². The predicted octanol–water partition coefficient (Wildman–Crippen LogP) is 5.82. The van der Waals surface area contributed by atoms with E-state index in [4.69, 9.17) is 9.15 Å². The molecule has 0 aliphatic rings. The van der Waals surface area contributed by atoms with Crippen molar-refractivity contribution in [2.75, 3.05) is 11.1 Å². The summed E-state index contributed by atoms with van der Waals surface area (Å²) in [6.07, 6.45) is 0.505. The van der Waals surface area contributed by atoms with Gasteiger partial charge in [0.05, 0.1) is 6.42 Å². The quantitative estimate of drug-likeness (QED) is 0.354. The van der Waals surface area contributed by atoms with Crippen molar-refractivity contribution in [1.29, 1.82) is 0 Å². The minimum atomic E-state index is -0.331. The molecule has 4 aromatic rings. The maximum absolute atomic E-state index is 12.5. The Kier molecular flexibility index (Phi) is 6.64. The molecule has 6 nitrogen and oxygen atoms in total. The molecule has 0 aliphatic heterocycles. The van der Waals surface area contributed by atoms with Gasteiger partial charge in [-0.15, -0.1) is 16.9 Å². The molecule has 3 aromatic carbocycles. The second-order valence-corrected chi connectivity index (χ2v) is 7.99. The Morgan fingerprint density at radius 2 is 1.65 bits per heavy atom. The van der Waals surface area contributed by atoms with Crippen LogP contribution in [0.25, 0.3) is 0 Å². The van der Waals surface area contributed by atoms with Crippen molar-refractivity contribution >= 4 is 23.7 Å². The number of hydrogen-bond acceptors (Lipinski definition) is 6. The van der Waals surface area contributed by atoms with E-state index in [1.54, 1.807) is 36.0 Å². The van der Waals surface area contributed by atoms with Crippen molar-refractivity contribution in [2.45, 2.75) is 18.2 Å². The van der Waals surface area contributed by atoms with Crippen molar-refractivity contribution < 1.29 is 13.9 Å². The van der Waals surface area contributed by atoms with Gasteiger partial charge < -0.3 is 9.15 Å². The summed E-state index contributed by atoms with van der Waals surface area (Å²) >= 11 is 1.79. The summed E-state index contributed by atoms with van der Waals surface area (Å²) in [5, 5.41) is 10.6. The van der Waals surface area contributed by atoms with Crippen LogP contribution < -0.4 is 10.1 Å². The number of benzene rings is 3. The lowest BCUT2D eigenvalue weighted by atomic mass is 10.1. The number of ether oxygens (including phenoxy) is 1.